The van der Waals surface area contributed by atoms with Gasteiger partial charge in [-0.2, -0.15) is 0 Å². The third-order valence-electron chi connectivity index (χ3n) is 13.2. The van der Waals surface area contributed by atoms with Crippen molar-refractivity contribution < 1.29 is 32.9 Å². The molecule has 0 saturated heterocycles. The highest BCUT2D eigenvalue weighted by molar-refractivity contribution is 7.45. The Morgan fingerprint density at radius 2 is 0.831 bits per heavy atom. The molecule has 2 N–H and O–H groups in total. The number of likely N-dealkylation sites (N-methyl/N-ethyl adjacent to an activating group) is 1. The molecule has 0 fully saturated rings. The van der Waals surface area contributed by atoms with Crippen LogP contribution in [-0.2, 0) is 18.4 Å². The highest BCUT2D eigenvalue weighted by Crippen LogP contribution is 2.38. The SMILES string of the molecule is CCCCCCCCCCCCCCCCCCCCCCCCCCCCCCCC/C=C/C(O)C(COP(=O)([O-])OCC[N+](C)(C)C)NC(=O)CCCCCCCCCCCCC. The molecule has 0 aliphatic carbocycles. The summed E-state index contributed by atoms with van der Waals surface area (Å²) in [5.74, 6) is -0.195. The number of hydrogen-bond donors (Lipinski definition) is 2. The number of unbranched alkanes of at least 4 members (excludes halogenated alkanes) is 40. The van der Waals surface area contributed by atoms with Crippen molar-refractivity contribution in [2.75, 3.05) is 40.9 Å². The number of nitrogens with zero attached hydrogens (tertiary/aromatic N) is 1. The third kappa shape index (κ3) is 50.9. The van der Waals surface area contributed by atoms with Gasteiger partial charge in [0.2, 0.25) is 5.91 Å². The molecule has 9 heteroatoms. The van der Waals surface area contributed by atoms with Gasteiger partial charge in [-0.15, -0.1) is 0 Å². The van der Waals surface area contributed by atoms with E-state index in [4.69, 9.17) is 9.05 Å². The number of quaternary nitrogens is 1. The Balaban J connectivity index is 3.99. The van der Waals surface area contributed by atoms with Crippen LogP contribution < -0.4 is 10.2 Å². The van der Waals surface area contributed by atoms with Gasteiger partial charge >= 0.3 is 0 Å². The Morgan fingerprint density at radius 1 is 0.523 bits per heavy atom. The van der Waals surface area contributed by atoms with Gasteiger partial charge in [-0.3, -0.25) is 9.36 Å². The molecule has 0 aliphatic rings. The maximum Gasteiger partial charge on any atom is 0.268 e. The minimum absolute atomic E-state index is 0.00230. The van der Waals surface area contributed by atoms with Crippen molar-refractivity contribution in [3.05, 3.63) is 12.2 Å². The molecule has 1 amide bonds. The zero-order chi connectivity index (χ0) is 47.8. The molecule has 0 aromatic rings. The monoisotopic (exact) mass is 941 g/mol. The maximum atomic E-state index is 12.9. The van der Waals surface area contributed by atoms with Crippen LogP contribution in [0.25, 0.3) is 0 Å². The highest BCUT2D eigenvalue weighted by Gasteiger charge is 2.23. The number of hydrogen-bond acceptors (Lipinski definition) is 6. The van der Waals surface area contributed by atoms with E-state index < -0.39 is 20.0 Å². The van der Waals surface area contributed by atoms with E-state index in [0.29, 0.717) is 17.4 Å². The van der Waals surface area contributed by atoms with Crippen molar-refractivity contribution >= 4 is 13.7 Å². The van der Waals surface area contributed by atoms with E-state index in [0.717, 1.165) is 38.5 Å². The van der Waals surface area contributed by atoms with E-state index in [-0.39, 0.29) is 19.1 Å². The molecule has 0 aliphatic heterocycles. The summed E-state index contributed by atoms with van der Waals surface area (Å²) >= 11 is 0. The van der Waals surface area contributed by atoms with Gasteiger partial charge in [0, 0.05) is 6.42 Å². The lowest BCUT2D eigenvalue weighted by molar-refractivity contribution is -0.870. The minimum Gasteiger partial charge on any atom is -0.756 e. The first-order valence-electron chi connectivity index (χ1n) is 28.6. The van der Waals surface area contributed by atoms with E-state index >= 15 is 0 Å². The molecule has 3 unspecified atom stereocenters. The number of carbonyl (C=O) groups excluding carboxylic acids is 1. The normalized spacial score (nSPS) is 14.0. The summed E-state index contributed by atoms with van der Waals surface area (Å²) in [5.41, 5.74) is 0. The van der Waals surface area contributed by atoms with Gasteiger partial charge in [0.05, 0.1) is 39.9 Å². The largest absolute Gasteiger partial charge is 0.756 e. The summed E-state index contributed by atoms with van der Waals surface area (Å²) in [6, 6.07) is -0.880. The second kappa shape index (κ2) is 48.3. The molecule has 0 aromatic heterocycles. The Hall–Kier alpha value is -0.760. The maximum absolute atomic E-state index is 12.9. The Kier molecular flexibility index (Phi) is 47.7. The van der Waals surface area contributed by atoms with E-state index in [2.05, 4.69) is 19.2 Å². The second-order valence-electron chi connectivity index (χ2n) is 21.0. The van der Waals surface area contributed by atoms with Crippen LogP contribution >= 0.6 is 7.82 Å². The zero-order valence-electron chi connectivity index (χ0n) is 44.2. The number of carbonyl (C=O) groups is 1. The first-order valence-corrected chi connectivity index (χ1v) is 30.0. The van der Waals surface area contributed by atoms with Crippen LogP contribution in [0, 0.1) is 0 Å². The summed E-state index contributed by atoms with van der Waals surface area (Å²) in [7, 11) is 1.28. The molecule has 65 heavy (non-hydrogen) atoms. The quantitative estimate of drug-likeness (QED) is 0.0272. The molecule has 0 rings (SSSR count). The van der Waals surface area contributed by atoms with Crippen molar-refractivity contribution in [3.8, 4) is 0 Å². The summed E-state index contributed by atoms with van der Waals surface area (Å²) < 4.78 is 23.3. The fraction of sp³-hybridized carbons (Fsp3) is 0.946. The van der Waals surface area contributed by atoms with Crippen LogP contribution in [0.15, 0.2) is 12.2 Å². The second-order valence-corrected chi connectivity index (χ2v) is 22.4. The number of aliphatic hydroxyl groups excluding tert-OH is 1. The van der Waals surface area contributed by atoms with Gasteiger partial charge in [-0.1, -0.05) is 276 Å². The van der Waals surface area contributed by atoms with Gasteiger partial charge in [-0.05, 0) is 19.3 Å². The average molecular weight is 942 g/mol. The molecule has 388 valence electrons. The predicted octanol–water partition coefficient (Wildman–Crippen LogP) is 16.4. The van der Waals surface area contributed by atoms with E-state index in [9.17, 15) is 19.4 Å². The molecular formula is C56H113N2O6P. The molecule has 3 atom stereocenters. The molecule has 0 spiro atoms. The lowest BCUT2D eigenvalue weighted by atomic mass is 10.0. The fourth-order valence-electron chi connectivity index (χ4n) is 8.74. The number of nitrogens with one attached hydrogen (secondary N) is 1. The highest BCUT2D eigenvalue weighted by atomic mass is 31.2. The predicted molar refractivity (Wildman–Crippen MR) is 279 cm³/mol. The molecule has 0 aromatic carbocycles. The standard InChI is InChI=1S/C56H113N2O6P/c1-6-8-10-12-14-16-18-19-20-21-22-23-24-25-26-27-28-29-30-31-32-33-34-35-36-37-38-40-41-43-45-47-49-55(59)54(53-64-65(61,62)63-52-51-58(3,4)5)57-56(60)50-48-46-44-42-39-17-15-13-11-9-7-2/h47,49,54-55,59H,6-46,48,50-53H2,1-5H3,(H-,57,60,61,62)/b49-47+. The topological polar surface area (TPSA) is 108 Å². The summed E-state index contributed by atoms with van der Waals surface area (Å²) in [6.07, 6.45) is 58.8. The lowest BCUT2D eigenvalue weighted by Crippen LogP contribution is -2.45. The Morgan fingerprint density at radius 3 is 1.15 bits per heavy atom. The van der Waals surface area contributed by atoms with Crippen molar-refractivity contribution in [2.24, 2.45) is 0 Å². The van der Waals surface area contributed by atoms with Gasteiger partial charge in [0.1, 0.15) is 13.2 Å². The van der Waals surface area contributed by atoms with Crippen molar-refractivity contribution in [2.45, 2.75) is 302 Å². The number of amides is 1. The van der Waals surface area contributed by atoms with E-state index in [1.54, 1.807) is 6.08 Å². The molecule has 0 radical (unpaired) electrons. The van der Waals surface area contributed by atoms with Gasteiger partial charge in [-0.25, -0.2) is 0 Å². The van der Waals surface area contributed by atoms with Crippen molar-refractivity contribution in [3.63, 3.8) is 0 Å². The molecule has 0 heterocycles. The number of rotatable bonds is 53. The minimum atomic E-state index is -4.59. The van der Waals surface area contributed by atoms with E-state index in [1.165, 1.54) is 231 Å². The lowest BCUT2D eigenvalue weighted by Gasteiger charge is -2.29. The summed E-state index contributed by atoms with van der Waals surface area (Å²) in [6.45, 7) is 4.67. The summed E-state index contributed by atoms with van der Waals surface area (Å²) in [4.78, 5) is 25.3. The van der Waals surface area contributed by atoms with E-state index in [1.807, 2.05) is 27.2 Å². The number of allylic oxidation sites excluding steroid dienone is 1. The molecule has 0 bridgehead atoms. The van der Waals surface area contributed by atoms with Crippen LogP contribution in [-0.4, -0.2) is 68.5 Å². The van der Waals surface area contributed by atoms with Crippen LogP contribution in [0.3, 0.4) is 0 Å². The van der Waals surface area contributed by atoms with Crippen molar-refractivity contribution in [1.82, 2.24) is 5.32 Å². The van der Waals surface area contributed by atoms with Crippen LogP contribution in [0.1, 0.15) is 290 Å². The van der Waals surface area contributed by atoms with Gasteiger partial charge in [0.25, 0.3) is 7.82 Å². The first kappa shape index (κ1) is 64.2. The fourth-order valence-corrected chi connectivity index (χ4v) is 9.47. The molecular weight excluding hydrogens is 828 g/mol. The number of aliphatic hydroxyl groups is 1. The molecule has 8 nitrogen and oxygen atoms in total. The zero-order valence-corrected chi connectivity index (χ0v) is 45.1. The van der Waals surface area contributed by atoms with Crippen LogP contribution in [0.2, 0.25) is 0 Å². The summed E-state index contributed by atoms with van der Waals surface area (Å²) in [5, 5.41) is 13.8. The smallest absolute Gasteiger partial charge is 0.268 e. The van der Waals surface area contributed by atoms with Crippen molar-refractivity contribution in [1.29, 1.82) is 0 Å². The van der Waals surface area contributed by atoms with Gasteiger partial charge < -0.3 is 28.8 Å². The van der Waals surface area contributed by atoms with Gasteiger partial charge in [0.15, 0.2) is 0 Å². The average Bonchev–Trinajstić information content (AvgIpc) is 3.26. The number of phosphoric acid groups is 1. The Labute approximate surface area is 405 Å². The Bertz CT molecular complexity index is 1070. The molecule has 0 saturated carbocycles. The third-order valence-corrected chi connectivity index (χ3v) is 14.2. The van der Waals surface area contributed by atoms with Crippen LogP contribution in [0.4, 0.5) is 0 Å². The van der Waals surface area contributed by atoms with Crippen LogP contribution in [0.5, 0.6) is 0 Å². The number of phosphoric ester groups is 1. The first-order chi connectivity index (χ1) is 31.5.